The van der Waals surface area contributed by atoms with Crippen molar-refractivity contribution in [2.24, 2.45) is 0 Å². The number of hydrogen-bond donors (Lipinski definition) is 2. The summed E-state index contributed by atoms with van der Waals surface area (Å²) in [6.45, 7) is 2.31. The van der Waals surface area contributed by atoms with Gasteiger partial charge in [-0.25, -0.2) is 0 Å². The minimum atomic E-state index is -0.991. The van der Waals surface area contributed by atoms with E-state index in [4.69, 9.17) is 16.7 Å². The molecule has 0 spiro atoms. The van der Waals surface area contributed by atoms with Crippen molar-refractivity contribution in [3.05, 3.63) is 34.9 Å². The van der Waals surface area contributed by atoms with Crippen molar-refractivity contribution in [2.45, 2.75) is 25.5 Å². The van der Waals surface area contributed by atoms with Gasteiger partial charge in [0.15, 0.2) is 0 Å². The Kier molecular flexibility index (Phi) is 5.59. The summed E-state index contributed by atoms with van der Waals surface area (Å²) in [4.78, 5) is 12.4. The second-order valence-corrected chi connectivity index (χ2v) is 4.86. The van der Waals surface area contributed by atoms with E-state index in [0.29, 0.717) is 11.6 Å². The molecule has 0 amide bonds. The van der Waals surface area contributed by atoms with Crippen molar-refractivity contribution in [2.75, 3.05) is 13.6 Å². The number of benzene rings is 1. The third-order valence-corrected chi connectivity index (χ3v) is 3.17. The van der Waals surface area contributed by atoms with Crippen LogP contribution in [0.15, 0.2) is 24.3 Å². The minimum Gasteiger partial charge on any atom is -0.481 e. The Morgan fingerprint density at radius 2 is 1.94 bits per heavy atom. The highest BCUT2D eigenvalue weighted by molar-refractivity contribution is 6.30. The number of carbonyl (C=O) groups is 1. The summed E-state index contributed by atoms with van der Waals surface area (Å²) in [6, 6.07) is 7.56. The molecule has 2 unspecified atom stereocenters. The van der Waals surface area contributed by atoms with Gasteiger partial charge in [0.05, 0.1) is 12.5 Å². The van der Waals surface area contributed by atoms with E-state index >= 15 is 0 Å². The molecule has 5 heteroatoms. The number of aliphatic hydroxyl groups excluding tert-OH is 1. The van der Waals surface area contributed by atoms with E-state index in [-0.39, 0.29) is 12.5 Å². The predicted molar refractivity (Wildman–Crippen MR) is 70.8 cm³/mol. The maximum Gasteiger partial charge on any atom is 0.306 e. The second-order valence-electron chi connectivity index (χ2n) is 4.42. The molecule has 0 aliphatic rings. The van der Waals surface area contributed by atoms with Crippen LogP contribution >= 0.6 is 11.6 Å². The second kappa shape index (κ2) is 6.73. The molecule has 1 aromatic rings. The number of aliphatic carboxylic acids is 1. The van der Waals surface area contributed by atoms with Crippen LogP contribution in [0.3, 0.4) is 0 Å². The van der Waals surface area contributed by atoms with Crippen molar-refractivity contribution in [3.63, 3.8) is 0 Å². The molecular weight excluding hydrogens is 254 g/mol. The molecule has 2 atom stereocenters. The maximum absolute atomic E-state index is 10.5. The van der Waals surface area contributed by atoms with Crippen LogP contribution < -0.4 is 0 Å². The third-order valence-electron chi connectivity index (χ3n) is 2.92. The van der Waals surface area contributed by atoms with Gasteiger partial charge in [0.1, 0.15) is 0 Å². The van der Waals surface area contributed by atoms with Crippen LogP contribution in [-0.2, 0) is 4.79 Å². The van der Waals surface area contributed by atoms with Crippen LogP contribution in [0, 0.1) is 0 Å². The van der Waals surface area contributed by atoms with E-state index < -0.39 is 12.1 Å². The van der Waals surface area contributed by atoms with E-state index in [0.717, 1.165) is 5.56 Å². The lowest BCUT2D eigenvalue weighted by atomic mass is 10.1. The first kappa shape index (κ1) is 15.0. The van der Waals surface area contributed by atoms with Gasteiger partial charge in [-0.15, -0.1) is 0 Å². The first-order chi connectivity index (χ1) is 8.40. The normalized spacial score (nSPS) is 14.5. The summed E-state index contributed by atoms with van der Waals surface area (Å²) >= 11 is 5.82. The highest BCUT2D eigenvalue weighted by Crippen LogP contribution is 2.21. The smallest absolute Gasteiger partial charge is 0.306 e. The SMILES string of the molecule is CC(c1ccc(Cl)cc1)N(C)CC(O)CC(=O)O. The molecule has 0 heterocycles. The average Bonchev–Trinajstić information content (AvgIpc) is 2.27. The number of nitrogens with zero attached hydrogens (tertiary/aromatic N) is 1. The van der Waals surface area contributed by atoms with Gasteiger partial charge in [0.2, 0.25) is 0 Å². The summed E-state index contributed by atoms with van der Waals surface area (Å²) in [5.74, 6) is -0.991. The summed E-state index contributed by atoms with van der Waals surface area (Å²) < 4.78 is 0. The fraction of sp³-hybridized carbons (Fsp3) is 0.462. The fourth-order valence-electron chi connectivity index (χ4n) is 1.75. The van der Waals surface area contributed by atoms with Crippen LogP contribution in [0.4, 0.5) is 0 Å². The number of carboxylic acid groups (broad SMARTS) is 1. The maximum atomic E-state index is 10.5. The molecule has 100 valence electrons. The topological polar surface area (TPSA) is 60.8 Å². The molecule has 2 N–H and O–H groups in total. The molecule has 4 nitrogen and oxygen atoms in total. The predicted octanol–water partition coefficient (Wildman–Crippen LogP) is 2.17. The molecule has 0 saturated heterocycles. The van der Waals surface area contributed by atoms with Crippen molar-refractivity contribution >= 4 is 17.6 Å². The average molecular weight is 272 g/mol. The minimum absolute atomic E-state index is 0.0886. The molecule has 0 radical (unpaired) electrons. The molecule has 0 aromatic heterocycles. The van der Waals surface area contributed by atoms with Crippen LogP contribution in [0.25, 0.3) is 0 Å². The number of likely N-dealkylation sites (N-methyl/N-ethyl adjacent to an activating group) is 1. The number of aliphatic hydroxyl groups is 1. The molecule has 0 saturated carbocycles. The van der Waals surface area contributed by atoms with Crippen LogP contribution in [0.2, 0.25) is 5.02 Å². The first-order valence-electron chi connectivity index (χ1n) is 5.75. The molecule has 0 fully saturated rings. The first-order valence-corrected chi connectivity index (χ1v) is 6.13. The number of halogens is 1. The van der Waals surface area contributed by atoms with Crippen molar-refractivity contribution < 1.29 is 15.0 Å². The summed E-state index contributed by atoms with van der Waals surface area (Å²) in [6.07, 6.45) is -1.10. The summed E-state index contributed by atoms with van der Waals surface area (Å²) in [5.41, 5.74) is 1.07. The fourth-order valence-corrected chi connectivity index (χ4v) is 1.88. The van der Waals surface area contributed by atoms with Crippen molar-refractivity contribution in [3.8, 4) is 0 Å². The standard InChI is InChI=1S/C13H18ClNO3/c1-9(10-3-5-11(14)6-4-10)15(2)8-12(16)7-13(17)18/h3-6,9,12,16H,7-8H2,1-2H3,(H,17,18). The highest BCUT2D eigenvalue weighted by atomic mass is 35.5. The van der Waals surface area contributed by atoms with E-state index in [1.807, 2.05) is 43.1 Å². The number of hydrogen-bond acceptors (Lipinski definition) is 3. The zero-order valence-electron chi connectivity index (χ0n) is 10.5. The number of rotatable bonds is 6. The monoisotopic (exact) mass is 271 g/mol. The Morgan fingerprint density at radius 1 is 1.39 bits per heavy atom. The summed E-state index contributed by atoms with van der Waals surface area (Å²) in [7, 11) is 1.85. The Balaban J connectivity index is 2.58. The lowest BCUT2D eigenvalue weighted by Crippen LogP contribution is -2.32. The Morgan fingerprint density at radius 3 is 2.44 bits per heavy atom. The molecular formula is C13H18ClNO3. The van der Waals surface area contributed by atoms with Gasteiger partial charge in [-0.3, -0.25) is 9.69 Å². The van der Waals surface area contributed by atoms with Gasteiger partial charge in [-0.2, -0.15) is 0 Å². The van der Waals surface area contributed by atoms with E-state index in [1.54, 1.807) is 0 Å². The van der Waals surface area contributed by atoms with Crippen LogP contribution in [0.5, 0.6) is 0 Å². The van der Waals surface area contributed by atoms with Crippen molar-refractivity contribution in [1.82, 2.24) is 4.90 Å². The van der Waals surface area contributed by atoms with E-state index in [9.17, 15) is 9.90 Å². The van der Waals surface area contributed by atoms with Crippen LogP contribution in [-0.4, -0.2) is 40.8 Å². The Hall–Kier alpha value is -1.10. The molecule has 1 aromatic carbocycles. The summed E-state index contributed by atoms with van der Waals surface area (Å²) in [5, 5.41) is 18.9. The lowest BCUT2D eigenvalue weighted by Gasteiger charge is -2.26. The molecule has 0 aliphatic heterocycles. The zero-order chi connectivity index (χ0) is 13.7. The third kappa shape index (κ3) is 4.64. The zero-order valence-corrected chi connectivity index (χ0v) is 11.3. The van der Waals surface area contributed by atoms with E-state index in [1.165, 1.54) is 0 Å². The Bertz CT molecular complexity index is 394. The quantitative estimate of drug-likeness (QED) is 0.832. The molecule has 0 bridgehead atoms. The van der Waals surface area contributed by atoms with Gasteiger partial charge in [-0.05, 0) is 31.7 Å². The number of carboxylic acids is 1. The Labute approximate surface area is 112 Å². The molecule has 1 rings (SSSR count). The lowest BCUT2D eigenvalue weighted by molar-refractivity contribution is -0.139. The van der Waals surface area contributed by atoms with Gasteiger partial charge in [0, 0.05) is 17.6 Å². The van der Waals surface area contributed by atoms with Gasteiger partial charge >= 0.3 is 5.97 Å². The van der Waals surface area contributed by atoms with Gasteiger partial charge < -0.3 is 10.2 Å². The van der Waals surface area contributed by atoms with Crippen molar-refractivity contribution in [1.29, 1.82) is 0 Å². The van der Waals surface area contributed by atoms with Crippen LogP contribution in [0.1, 0.15) is 24.9 Å². The van der Waals surface area contributed by atoms with Gasteiger partial charge in [0.25, 0.3) is 0 Å². The molecule has 18 heavy (non-hydrogen) atoms. The highest BCUT2D eigenvalue weighted by Gasteiger charge is 2.17. The van der Waals surface area contributed by atoms with Gasteiger partial charge in [-0.1, -0.05) is 23.7 Å². The van der Waals surface area contributed by atoms with E-state index in [2.05, 4.69) is 0 Å². The largest absolute Gasteiger partial charge is 0.481 e. The molecule has 0 aliphatic carbocycles.